The number of aliphatic hydroxyl groups is 1. The van der Waals surface area contributed by atoms with Crippen LogP contribution >= 0.6 is 0 Å². The highest BCUT2D eigenvalue weighted by molar-refractivity contribution is 6.26. The molecule has 330 valence electrons. The number of ketones is 2. The summed E-state index contributed by atoms with van der Waals surface area (Å²) in [5.74, 6) is 0.819. The van der Waals surface area contributed by atoms with Gasteiger partial charge in [0.15, 0.2) is 24.1 Å². The zero-order chi connectivity index (χ0) is 44.0. The maximum atomic E-state index is 13.8. The molecule has 2 saturated heterocycles. The van der Waals surface area contributed by atoms with Crippen molar-refractivity contribution < 1.29 is 48.0 Å². The number of benzene rings is 2. The number of ether oxygens (including phenoxy) is 5. The zero-order valence-electron chi connectivity index (χ0n) is 37.4. The van der Waals surface area contributed by atoms with Gasteiger partial charge < -0.3 is 28.8 Å². The summed E-state index contributed by atoms with van der Waals surface area (Å²) in [7, 11) is 1.38. The van der Waals surface area contributed by atoms with Crippen molar-refractivity contribution in [2.24, 2.45) is 40.5 Å². The van der Waals surface area contributed by atoms with Gasteiger partial charge in [0.1, 0.15) is 11.5 Å². The molecule has 0 amide bonds. The number of allylic oxidation sites excluding steroid dienone is 4. The lowest BCUT2D eigenvalue weighted by Crippen LogP contribution is -2.21. The molecule has 8 rings (SSSR count). The fourth-order valence-electron chi connectivity index (χ4n) is 10.7. The lowest BCUT2D eigenvalue weighted by Gasteiger charge is -2.21. The monoisotopic (exact) mass is 839 g/mol. The van der Waals surface area contributed by atoms with E-state index in [1.807, 2.05) is 6.92 Å². The summed E-state index contributed by atoms with van der Waals surface area (Å²) in [5, 5.41) is 11.0. The number of nitrogens with zero attached hydrogens (tertiary/aromatic N) is 1. The van der Waals surface area contributed by atoms with Crippen LogP contribution in [0.5, 0.6) is 0 Å². The van der Waals surface area contributed by atoms with Gasteiger partial charge in [0.05, 0.1) is 37.6 Å². The van der Waals surface area contributed by atoms with E-state index in [9.17, 15) is 19.5 Å². The molecule has 0 bridgehead atoms. The number of aryl methyl sites for hydroxylation is 6. The Balaban J connectivity index is 0.000000190. The van der Waals surface area contributed by atoms with Gasteiger partial charge in [-0.25, -0.2) is 9.79 Å². The van der Waals surface area contributed by atoms with E-state index in [4.69, 9.17) is 28.5 Å². The van der Waals surface area contributed by atoms with Crippen molar-refractivity contribution in [3.05, 3.63) is 80.3 Å². The molecular weight excluding hydrogens is 775 g/mol. The Hall–Kier alpha value is -4.25. The minimum absolute atomic E-state index is 0.0724. The van der Waals surface area contributed by atoms with Crippen LogP contribution in [-0.4, -0.2) is 74.8 Å². The van der Waals surface area contributed by atoms with E-state index >= 15 is 0 Å². The second-order valence-electron chi connectivity index (χ2n) is 17.2. The number of hydrogen-bond acceptors (Lipinski definition) is 11. The molecule has 2 heterocycles. The average molecular weight is 840 g/mol. The Labute approximate surface area is 361 Å². The van der Waals surface area contributed by atoms with E-state index in [-0.39, 0.29) is 65.6 Å². The van der Waals surface area contributed by atoms with E-state index in [0.29, 0.717) is 55.5 Å². The molecule has 0 radical (unpaired) electrons. The van der Waals surface area contributed by atoms with Crippen molar-refractivity contribution in [2.75, 3.05) is 33.5 Å². The first-order valence-electron chi connectivity index (χ1n) is 22.6. The molecule has 6 unspecified atom stereocenters. The summed E-state index contributed by atoms with van der Waals surface area (Å²) in [6.45, 7) is 17.1. The molecule has 11 heteroatoms. The van der Waals surface area contributed by atoms with E-state index < -0.39 is 0 Å². The Bertz CT molecular complexity index is 2010. The first kappa shape index (κ1) is 46.3. The summed E-state index contributed by atoms with van der Waals surface area (Å²) in [5.41, 5.74) is 10.3. The maximum absolute atomic E-state index is 13.8. The minimum Gasteiger partial charge on any atom is -0.511 e. The van der Waals surface area contributed by atoms with Gasteiger partial charge >= 0.3 is 5.97 Å². The first-order chi connectivity index (χ1) is 29.4. The van der Waals surface area contributed by atoms with Crippen LogP contribution < -0.4 is 0 Å². The predicted octanol–water partition coefficient (Wildman–Crippen LogP) is 8.71. The highest BCUT2D eigenvalue weighted by Crippen LogP contribution is 2.54. The van der Waals surface area contributed by atoms with Gasteiger partial charge in [-0.15, -0.1) is 0 Å². The molecular formula is C50H65NO10. The van der Waals surface area contributed by atoms with E-state index in [1.165, 1.54) is 24.3 Å². The van der Waals surface area contributed by atoms with Crippen molar-refractivity contribution in [3.63, 3.8) is 0 Å². The lowest BCUT2D eigenvalue weighted by molar-refractivity contribution is -0.140. The van der Waals surface area contributed by atoms with Gasteiger partial charge in [-0.05, 0) is 105 Å². The third kappa shape index (κ3) is 9.57. The normalized spacial score (nSPS) is 25.9. The minimum atomic E-state index is -0.247. The molecule has 4 fully saturated rings. The molecule has 1 N–H and O–H groups in total. The van der Waals surface area contributed by atoms with Crippen molar-refractivity contribution in [3.8, 4) is 0 Å². The third-order valence-electron chi connectivity index (χ3n) is 13.3. The zero-order valence-corrected chi connectivity index (χ0v) is 37.4. The smallest absolute Gasteiger partial charge is 0.310 e. The summed E-state index contributed by atoms with van der Waals surface area (Å²) < 4.78 is 28.7. The van der Waals surface area contributed by atoms with Gasteiger partial charge in [0, 0.05) is 49.0 Å². The van der Waals surface area contributed by atoms with Crippen molar-refractivity contribution in [1.29, 1.82) is 0 Å². The molecule has 2 aromatic carbocycles. The van der Waals surface area contributed by atoms with Crippen LogP contribution in [-0.2, 0) is 68.5 Å². The van der Waals surface area contributed by atoms with E-state index in [1.54, 1.807) is 0 Å². The van der Waals surface area contributed by atoms with Crippen molar-refractivity contribution >= 4 is 34.8 Å². The Morgan fingerprint density at radius 2 is 1.05 bits per heavy atom. The molecule has 6 aliphatic rings. The summed E-state index contributed by atoms with van der Waals surface area (Å²) >= 11 is 0. The standard InChI is InChI=1S/C26H34O5.C22H28O4.C2H3NO/c1-5-8-21(27)31-25-20-14-18(26-29-9-10-30-26)13-19(20)24(28)23(25)22-16(6-2)11-15(4)12-17(22)7-3;1-4-13-8-12(3)9-14(5-2)18(13)19-20(23)16-10-15(11-17(16)21(19)24)22-25-6-7-26-22;1-3-2-4/h11-12,18-20,26H,5-10,13-14H2,1-4H3;8-9,15-17,22-23H,4-7,10-11H2,1-3H3;1H3. The lowest BCUT2D eigenvalue weighted by atomic mass is 9.87. The molecule has 0 aromatic heterocycles. The molecule has 61 heavy (non-hydrogen) atoms. The molecule has 4 aliphatic carbocycles. The molecule has 2 saturated carbocycles. The number of aliphatic hydroxyl groups excluding tert-OH is 1. The largest absolute Gasteiger partial charge is 0.511 e. The van der Waals surface area contributed by atoms with Crippen LogP contribution in [0.25, 0.3) is 11.1 Å². The summed E-state index contributed by atoms with van der Waals surface area (Å²) in [6.07, 6.45) is 8.31. The second-order valence-corrected chi connectivity index (χ2v) is 17.2. The van der Waals surface area contributed by atoms with Crippen LogP contribution in [0.3, 0.4) is 0 Å². The van der Waals surface area contributed by atoms with Gasteiger partial charge in [-0.3, -0.25) is 14.4 Å². The van der Waals surface area contributed by atoms with Gasteiger partial charge in [-0.1, -0.05) is 70.0 Å². The highest BCUT2D eigenvalue weighted by atomic mass is 16.7. The van der Waals surface area contributed by atoms with Gasteiger partial charge in [0.25, 0.3) is 0 Å². The molecule has 0 spiro atoms. The fraction of sp³-hybridized carbons (Fsp3) is 0.600. The number of fused-ring (bicyclic) bond motifs is 2. The number of Topliss-reactive ketones (excluding diaryl/α,β-unsaturated/α-hetero) is 2. The Morgan fingerprint density at radius 3 is 1.44 bits per heavy atom. The first-order valence-corrected chi connectivity index (χ1v) is 22.6. The number of carbonyl (C=O) groups excluding carboxylic acids is 4. The van der Waals surface area contributed by atoms with Gasteiger partial charge in [0.2, 0.25) is 6.08 Å². The topological polar surface area (TPSA) is 147 Å². The fourth-order valence-corrected chi connectivity index (χ4v) is 10.7. The number of rotatable bonds is 11. The molecule has 11 nitrogen and oxygen atoms in total. The number of carbonyl (C=O) groups is 3. The van der Waals surface area contributed by atoms with Crippen LogP contribution in [0.15, 0.2) is 40.8 Å². The molecule has 6 atom stereocenters. The number of hydrogen-bond donors (Lipinski definition) is 1. The Kier molecular flexibility index (Phi) is 15.7. The van der Waals surface area contributed by atoms with Crippen LogP contribution in [0.1, 0.15) is 118 Å². The van der Waals surface area contributed by atoms with E-state index in [0.717, 1.165) is 91.2 Å². The van der Waals surface area contributed by atoms with Crippen molar-refractivity contribution in [2.45, 2.75) is 125 Å². The van der Waals surface area contributed by atoms with Crippen LogP contribution in [0.4, 0.5) is 0 Å². The predicted molar refractivity (Wildman–Crippen MR) is 232 cm³/mol. The van der Waals surface area contributed by atoms with Crippen LogP contribution in [0.2, 0.25) is 0 Å². The van der Waals surface area contributed by atoms with Gasteiger partial charge in [-0.2, -0.15) is 0 Å². The molecule has 2 aromatic rings. The summed E-state index contributed by atoms with van der Waals surface area (Å²) in [6, 6.07) is 8.63. The number of esters is 1. The second kappa shape index (κ2) is 20.7. The highest BCUT2D eigenvalue weighted by Gasteiger charge is 2.54. The van der Waals surface area contributed by atoms with Crippen LogP contribution in [0, 0.1) is 49.4 Å². The summed E-state index contributed by atoms with van der Waals surface area (Å²) in [4.78, 5) is 51.4. The molecule has 2 aliphatic heterocycles. The number of aliphatic imine (C=N–C) groups is 1. The number of isocyanates is 1. The van der Waals surface area contributed by atoms with E-state index in [2.05, 4.69) is 70.8 Å². The quantitative estimate of drug-likeness (QED) is 0.132. The Morgan fingerprint density at radius 1 is 0.672 bits per heavy atom. The average Bonchev–Trinajstić information content (AvgIpc) is 4.12. The SMILES string of the molecule is CCCC(=O)OC1=C(c2c(CC)cc(C)cc2CC)C(=O)C2CC(C3OCCO3)CC12.CCc1cc(C)cc(CC)c1C1=C(O)C2CC(C3OCCO3)CC2C1=O.CN=C=O. The third-order valence-corrected chi connectivity index (χ3v) is 13.3. The van der Waals surface area contributed by atoms with Crippen molar-refractivity contribution in [1.82, 2.24) is 0 Å². The maximum Gasteiger partial charge on any atom is 0.310 e.